The number of nitrogens with one attached hydrogen (secondary N) is 1. The fraction of sp³-hybridized carbons (Fsp3) is 0.250. The summed E-state index contributed by atoms with van der Waals surface area (Å²) in [6.45, 7) is 2.91. The van der Waals surface area contributed by atoms with E-state index >= 15 is 0 Å². The highest BCUT2D eigenvalue weighted by atomic mass is 79.9. The van der Waals surface area contributed by atoms with Crippen molar-refractivity contribution in [3.05, 3.63) is 64.3 Å². The molecule has 0 unspecified atom stereocenters. The molecule has 1 heterocycles. The summed E-state index contributed by atoms with van der Waals surface area (Å²) in [6.07, 6.45) is 0.741. The lowest BCUT2D eigenvalue weighted by Gasteiger charge is -2.11. The lowest BCUT2D eigenvalue weighted by molar-refractivity contribution is -0.121. The Morgan fingerprint density at radius 1 is 1.16 bits per heavy atom. The monoisotopic (exact) mass is 400 g/mol. The molecule has 1 amide bonds. The van der Waals surface area contributed by atoms with Crippen molar-refractivity contribution < 1.29 is 9.53 Å². The molecular weight excluding hydrogens is 380 g/mol. The molecule has 4 nitrogen and oxygen atoms in total. The van der Waals surface area contributed by atoms with Crippen molar-refractivity contribution >= 4 is 32.7 Å². The molecule has 0 fully saturated rings. The number of ether oxygens (including phenoxy) is 1. The van der Waals surface area contributed by atoms with Crippen LogP contribution in [0.3, 0.4) is 0 Å². The van der Waals surface area contributed by atoms with Crippen LogP contribution in [0.1, 0.15) is 11.3 Å². The van der Waals surface area contributed by atoms with E-state index in [-0.39, 0.29) is 5.91 Å². The molecule has 25 heavy (non-hydrogen) atoms. The maximum Gasteiger partial charge on any atom is 0.239 e. The Morgan fingerprint density at radius 2 is 1.88 bits per heavy atom. The number of methoxy groups -OCH3 is 1. The molecule has 5 heteroatoms. The van der Waals surface area contributed by atoms with E-state index in [0.29, 0.717) is 13.1 Å². The van der Waals surface area contributed by atoms with Crippen molar-refractivity contribution in [1.82, 2.24) is 9.88 Å². The minimum absolute atomic E-state index is 0.00579. The second-order valence-corrected chi connectivity index (χ2v) is 6.71. The van der Waals surface area contributed by atoms with Crippen LogP contribution < -0.4 is 10.1 Å². The molecule has 0 spiro atoms. The Morgan fingerprint density at radius 3 is 2.68 bits per heavy atom. The second kappa shape index (κ2) is 7.74. The Kier molecular flexibility index (Phi) is 5.43. The standard InChI is InChI=1S/C20H21BrN2O2/c1-14-20(21)16-8-4-5-9-17(16)23(14)13-19(24)22-12-11-15-7-3-6-10-18(15)25-2/h3-10H,11-13H2,1-2H3,(H,22,24). The van der Waals surface area contributed by atoms with Gasteiger partial charge in [-0.05, 0) is 47.0 Å². The Balaban J connectivity index is 1.65. The Hall–Kier alpha value is -2.27. The van der Waals surface area contributed by atoms with Gasteiger partial charge in [0.1, 0.15) is 12.3 Å². The first-order chi connectivity index (χ1) is 12.1. The quantitative estimate of drug-likeness (QED) is 0.677. The van der Waals surface area contributed by atoms with Crippen LogP contribution in [0, 0.1) is 6.92 Å². The summed E-state index contributed by atoms with van der Waals surface area (Å²) in [4.78, 5) is 12.4. The Labute approximate surface area is 155 Å². The lowest BCUT2D eigenvalue weighted by atomic mass is 10.1. The number of hydrogen-bond acceptors (Lipinski definition) is 2. The third-order valence-corrected chi connectivity index (χ3v) is 5.37. The summed E-state index contributed by atoms with van der Waals surface area (Å²) in [5.41, 5.74) is 3.21. The minimum atomic E-state index is 0.00579. The number of aromatic nitrogens is 1. The fourth-order valence-electron chi connectivity index (χ4n) is 3.04. The molecule has 3 aromatic rings. The zero-order valence-corrected chi connectivity index (χ0v) is 16.0. The summed E-state index contributed by atoms with van der Waals surface area (Å²) in [5.74, 6) is 0.860. The first-order valence-electron chi connectivity index (χ1n) is 8.23. The van der Waals surface area contributed by atoms with Crippen molar-refractivity contribution in [2.75, 3.05) is 13.7 Å². The SMILES string of the molecule is COc1ccccc1CCNC(=O)Cn1c(C)c(Br)c2ccccc21. The predicted molar refractivity (Wildman–Crippen MR) is 104 cm³/mol. The van der Waals surface area contributed by atoms with E-state index in [4.69, 9.17) is 4.74 Å². The fourth-order valence-corrected chi connectivity index (χ4v) is 3.59. The second-order valence-electron chi connectivity index (χ2n) is 5.91. The molecule has 0 aliphatic heterocycles. The summed E-state index contributed by atoms with van der Waals surface area (Å²) in [6, 6.07) is 16.0. The summed E-state index contributed by atoms with van der Waals surface area (Å²) < 4.78 is 8.43. The van der Waals surface area contributed by atoms with Gasteiger partial charge in [0.05, 0.1) is 7.11 Å². The van der Waals surface area contributed by atoms with Gasteiger partial charge in [-0.3, -0.25) is 4.79 Å². The van der Waals surface area contributed by atoms with Crippen molar-refractivity contribution in [3.63, 3.8) is 0 Å². The third-order valence-electron chi connectivity index (χ3n) is 4.36. The topological polar surface area (TPSA) is 43.3 Å². The summed E-state index contributed by atoms with van der Waals surface area (Å²) in [7, 11) is 1.66. The number of fused-ring (bicyclic) bond motifs is 1. The molecule has 3 rings (SSSR count). The van der Waals surface area contributed by atoms with Crippen molar-refractivity contribution in [3.8, 4) is 5.75 Å². The zero-order chi connectivity index (χ0) is 17.8. The molecule has 0 radical (unpaired) electrons. The molecule has 0 bridgehead atoms. The van der Waals surface area contributed by atoms with Crippen LogP contribution in [0.15, 0.2) is 53.0 Å². The predicted octanol–water partition coefficient (Wildman–Crippen LogP) is 4.08. The van der Waals surface area contributed by atoms with Crippen molar-refractivity contribution in [2.24, 2.45) is 0 Å². The van der Waals surface area contributed by atoms with E-state index < -0.39 is 0 Å². The molecule has 1 aromatic heterocycles. The number of para-hydroxylation sites is 2. The molecule has 130 valence electrons. The van der Waals surface area contributed by atoms with Gasteiger partial charge in [-0.25, -0.2) is 0 Å². The largest absolute Gasteiger partial charge is 0.496 e. The molecule has 0 atom stereocenters. The number of carbonyl (C=O) groups excluding carboxylic acids is 1. The highest BCUT2D eigenvalue weighted by Crippen LogP contribution is 2.30. The average Bonchev–Trinajstić information content (AvgIpc) is 2.87. The number of hydrogen-bond donors (Lipinski definition) is 1. The molecule has 0 saturated heterocycles. The van der Waals surface area contributed by atoms with Crippen LogP contribution in [0.5, 0.6) is 5.75 Å². The van der Waals surface area contributed by atoms with Crippen LogP contribution in [-0.2, 0) is 17.8 Å². The van der Waals surface area contributed by atoms with Crippen LogP contribution in [0.25, 0.3) is 10.9 Å². The zero-order valence-electron chi connectivity index (χ0n) is 14.4. The molecule has 0 aliphatic rings. The highest BCUT2D eigenvalue weighted by molar-refractivity contribution is 9.10. The van der Waals surface area contributed by atoms with Gasteiger partial charge in [-0.1, -0.05) is 36.4 Å². The van der Waals surface area contributed by atoms with Gasteiger partial charge in [0.2, 0.25) is 5.91 Å². The van der Waals surface area contributed by atoms with Crippen molar-refractivity contribution in [2.45, 2.75) is 19.9 Å². The Bertz CT molecular complexity index is 902. The van der Waals surface area contributed by atoms with E-state index in [0.717, 1.165) is 38.8 Å². The number of rotatable bonds is 6. The number of benzene rings is 2. The van der Waals surface area contributed by atoms with E-state index in [2.05, 4.69) is 27.3 Å². The van der Waals surface area contributed by atoms with Crippen LogP contribution in [0.4, 0.5) is 0 Å². The van der Waals surface area contributed by atoms with Crippen LogP contribution in [-0.4, -0.2) is 24.1 Å². The maximum atomic E-state index is 12.4. The average molecular weight is 401 g/mol. The molecule has 0 saturated carbocycles. The van der Waals surface area contributed by atoms with Gasteiger partial charge in [0.15, 0.2) is 0 Å². The molecule has 2 aromatic carbocycles. The van der Waals surface area contributed by atoms with E-state index in [1.54, 1.807) is 7.11 Å². The first-order valence-corrected chi connectivity index (χ1v) is 9.03. The normalized spacial score (nSPS) is 10.8. The lowest BCUT2D eigenvalue weighted by Crippen LogP contribution is -2.29. The maximum absolute atomic E-state index is 12.4. The summed E-state index contributed by atoms with van der Waals surface area (Å²) in [5, 5.41) is 4.13. The third kappa shape index (κ3) is 3.71. The van der Waals surface area contributed by atoms with Gasteiger partial charge in [-0.2, -0.15) is 0 Å². The number of halogens is 1. The van der Waals surface area contributed by atoms with E-state index in [9.17, 15) is 4.79 Å². The molecule has 0 aliphatic carbocycles. The minimum Gasteiger partial charge on any atom is -0.496 e. The van der Waals surface area contributed by atoms with Gasteiger partial charge >= 0.3 is 0 Å². The number of amides is 1. The first kappa shape index (κ1) is 17.5. The summed E-state index contributed by atoms with van der Waals surface area (Å²) >= 11 is 3.62. The number of nitrogens with zero attached hydrogens (tertiary/aromatic N) is 1. The van der Waals surface area contributed by atoms with Crippen molar-refractivity contribution in [1.29, 1.82) is 0 Å². The van der Waals surface area contributed by atoms with Gasteiger partial charge in [0, 0.05) is 27.6 Å². The highest BCUT2D eigenvalue weighted by Gasteiger charge is 2.14. The van der Waals surface area contributed by atoms with E-state index in [1.165, 1.54) is 0 Å². The van der Waals surface area contributed by atoms with E-state index in [1.807, 2.05) is 54.0 Å². The number of carbonyl (C=O) groups is 1. The smallest absolute Gasteiger partial charge is 0.239 e. The van der Waals surface area contributed by atoms with Gasteiger partial charge in [0.25, 0.3) is 0 Å². The van der Waals surface area contributed by atoms with Gasteiger partial charge in [-0.15, -0.1) is 0 Å². The van der Waals surface area contributed by atoms with Crippen LogP contribution in [0.2, 0.25) is 0 Å². The molecule has 1 N–H and O–H groups in total. The van der Waals surface area contributed by atoms with Gasteiger partial charge < -0.3 is 14.6 Å². The van der Waals surface area contributed by atoms with Crippen LogP contribution >= 0.6 is 15.9 Å². The molecular formula is C20H21BrN2O2.